The van der Waals surface area contributed by atoms with Gasteiger partial charge in [-0.15, -0.1) is 0 Å². The Labute approximate surface area is 128 Å². The summed E-state index contributed by atoms with van der Waals surface area (Å²) in [6.07, 6.45) is 3.30. The van der Waals surface area contributed by atoms with Crippen molar-refractivity contribution >= 4 is 11.9 Å². The van der Waals surface area contributed by atoms with E-state index in [0.29, 0.717) is 5.69 Å². The minimum atomic E-state index is -0.899. The van der Waals surface area contributed by atoms with E-state index in [-0.39, 0.29) is 13.1 Å². The Morgan fingerprint density at radius 3 is 2.50 bits per heavy atom. The number of hydrogen-bond acceptors (Lipinski definition) is 5. The molecule has 0 aliphatic carbocycles. The molecule has 2 aromatic rings. The van der Waals surface area contributed by atoms with Gasteiger partial charge in [-0.3, -0.25) is 14.8 Å². The van der Waals surface area contributed by atoms with Gasteiger partial charge in [0.1, 0.15) is 0 Å². The van der Waals surface area contributed by atoms with Gasteiger partial charge >= 0.3 is 11.9 Å². The van der Waals surface area contributed by atoms with E-state index in [4.69, 9.17) is 0 Å². The summed E-state index contributed by atoms with van der Waals surface area (Å²) in [5, 5.41) is 0. The van der Waals surface area contributed by atoms with Crippen LogP contribution in [0.2, 0.25) is 0 Å². The van der Waals surface area contributed by atoms with Crippen LogP contribution < -0.4 is 0 Å². The molecule has 0 radical (unpaired) electrons. The van der Waals surface area contributed by atoms with Crippen LogP contribution in [0.25, 0.3) is 0 Å². The molecule has 0 spiro atoms. The number of methoxy groups -OCH3 is 1. The normalized spacial score (nSPS) is 10.1. The monoisotopic (exact) mass is 299 g/mol. The third-order valence-electron chi connectivity index (χ3n) is 3.18. The van der Waals surface area contributed by atoms with Crippen LogP contribution in [0.1, 0.15) is 17.0 Å². The van der Waals surface area contributed by atoms with Crippen LogP contribution in [-0.4, -0.2) is 33.9 Å². The number of rotatable bonds is 4. The Bertz CT molecular complexity index is 659. The standard InChI is InChI=1S/C16H17N3O3/c1-12-6-5-9-18-14(12)11-19(15(20)16(21)22-2)10-13-7-3-4-8-17-13/h3-9H,10-11H2,1-2H3. The molecule has 2 aromatic heterocycles. The minimum absolute atomic E-state index is 0.213. The second-order valence-corrected chi connectivity index (χ2v) is 4.74. The summed E-state index contributed by atoms with van der Waals surface area (Å²) in [5.74, 6) is -1.61. The van der Waals surface area contributed by atoms with Crippen LogP contribution in [0.4, 0.5) is 0 Å². The van der Waals surface area contributed by atoms with Crippen molar-refractivity contribution in [2.75, 3.05) is 7.11 Å². The summed E-state index contributed by atoms with van der Waals surface area (Å²) in [5.41, 5.74) is 2.37. The molecule has 0 bridgehead atoms. The second kappa shape index (κ2) is 7.31. The maximum atomic E-state index is 12.2. The first-order valence-corrected chi connectivity index (χ1v) is 6.79. The van der Waals surface area contributed by atoms with E-state index < -0.39 is 11.9 Å². The third-order valence-corrected chi connectivity index (χ3v) is 3.18. The average molecular weight is 299 g/mol. The van der Waals surface area contributed by atoms with Crippen molar-refractivity contribution in [3.05, 3.63) is 59.7 Å². The summed E-state index contributed by atoms with van der Waals surface area (Å²) in [6.45, 7) is 2.34. The van der Waals surface area contributed by atoms with Gasteiger partial charge in [0, 0.05) is 12.4 Å². The van der Waals surface area contributed by atoms with Crippen LogP contribution in [0, 0.1) is 6.92 Å². The molecule has 0 saturated heterocycles. The molecule has 6 heteroatoms. The summed E-state index contributed by atoms with van der Waals surface area (Å²) in [6, 6.07) is 9.14. The van der Waals surface area contributed by atoms with Gasteiger partial charge in [0.15, 0.2) is 0 Å². The van der Waals surface area contributed by atoms with Gasteiger partial charge in [-0.05, 0) is 30.7 Å². The zero-order valence-corrected chi connectivity index (χ0v) is 12.5. The summed E-state index contributed by atoms with van der Waals surface area (Å²) < 4.78 is 4.53. The molecule has 1 amide bonds. The first kappa shape index (κ1) is 15.6. The molecular formula is C16H17N3O3. The molecule has 0 aliphatic heterocycles. The van der Waals surface area contributed by atoms with Gasteiger partial charge < -0.3 is 9.64 Å². The maximum absolute atomic E-state index is 12.2. The Balaban J connectivity index is 2.23. The van der Waals surface area contributed by atoms with Crippen molar-refractivity contribution in [1.82, 2.24) is 14.9 Å². The molecule has 0 aromatic carbocycles. The summed E-state index contributed by atoms with van der Waals surface area (Å²) >= 11 is 0. The molecule has 0 saturated carbocycles. The quantitative estimate of drug-likeness (QED) is 0.631. The van der Waals surface area contributed by atoms with Crippen molar-refractivity contribution in [2.24, 2.45) is 0 Å². The Kier molecular flexibility index (Phi) is 5.19. The lowest BCUT2D eigenvalue weighted by molar-refractivity contribution is -0.158. The average Bonchev–Trinajstić information content (AvgIpc) is 2.55. The fraction of sp³-hybridized carbons (Fsp3) is 0.250. The Hall–Kier alpha value is -2.76. The number of carbonyl (C=O) groups is 2. The molecule has 2 heterocycles. The minimum Gasteiger partial charge on any atom is -0.462 e. The zero-order chi connectivity index (χ0) is 15.9. The predicted octanol–water partition coefficient (Wildman–Crippen LogP) is 1.49. The number of carbonyl (C=O) groups excluding carboxylic acids is 2. The predicted molar refractivity (Wildman–Crippen MR) is 79.5 cm³/mol. The van der Waals surface area contributed by atoms with Gasteiger partial charge in [0.25, 0.3) is 0 Å². The molecule has 6 nitrogen and oxygen atoms in total. The van der Waals surface area contributed by atoms with Crippen molar-refractivity contribution < 1.29 is 14.3 Å². The number of nitrogens with zero attached hydrogens (tertiary/aromatic N) is 3. The van der Waals surface area contributed by atoms with E-state index in [2.05, 4.69) is 14.7 Å². The molecule has 22 heavy (non-hydrogen) atoms. The number of aryl methyl sites for hydroxylation is 1. The Morgan fingerprint density at radius 1 is 1.09 bits per heavy atom. The van der Waals surface area contributed by atoms with E-state index in [9.17, 15) is 9.59 Å². The summed E-state index contributed by atoms with van der Waals surface area (Å²) in [4.78, 5) is 33.6. The molecule has 0 unspecified atom stereocenters. The molecule has 0 fully saturated rings. The maximum Gasteiger partial charge on any atom is 0.396 e. The largest absolute Gasteiger partial charge is 0.462 e. The number of pyridine rings is 2. The molecule has 2 rings (SSSR count). The molecule has 0 N–H and O–H groups in total. The number of esters is 1. The van der Waals surface area contributed by atoms with Crippen LogP contribution in [-0.2, 0) is 27.4 Å². The van der Waals surface area contributed by atoms with Crippen LogP contribution >= 0.6 is 0 Å². The molecular weight excluding hydrogens is 282 g/mol. The Morgan fingerprint density at radius 2 is 1.86 bits per heavy atom. The van der Waals surface area contributed by atoms with Crippen molar-refractivity contribution in [3.8, 4) is 0 Å². The number of ether oxygens (including phenoxy) is 1. The molecule has 114 valence electrons. The van der Waals surface area contributed by atoms with Gasteiger partial charge in [0.2, 0.25) is 0 Å². The molecule has 0 aliphatic rings. The highest BCUT2D eigenvalue weighted by Crippen LogP contribution is 2.11. The van der Waals surface area contributed by atoms with E-state index in [1.165, 1.54) is 12.0 Å². The summed E-state index contributed by atoms with van der Waals surface area (Å²) in [7, 11) is 1.19. The van der Waals surface area contributed by atoms with Crippen LogP contribution in [0.5, 0.6) is 0 Å². The van der Waals surface area contributed by atoms with Crippen molar-refractivity contribution in [1.29, 1.82) is 0 Å². The van der Waals surface area contributed by atoms with Crippen molar-refractivity contribution in [2.45, 2.75) is 20.0 Å². The third kappa shape index (κ3) is 3.88. The van der Waals surface area contributed by atoms with E-state index >= 15 is 0 Å². The number of aromatic nitrogens is 2. The van der Waals surface area contributed by atoms with Crippen molar-refractivity contribution in [3.63, 3.8) is 0 Å². The van der Waals surface area contributed by atoms with Crippen LogP contribution in [0.3, 0.4) is 0 Å². The topological polar surface area (TPSA) is 72.4 Å². The van der Waals surface area contributed by atoms with Crippen LogP contribution in [0.15, 0.2) is 42.7 Å². The fourth-order valence-electron chi connectivity index (χ4n) is 1.97. The van der Waals surface area contributed by atoms with E-state index in [0.717, 1.165) is 11.3 Å². The first-order chi connectivity index (χ1) is 10.6. The highest BCUT2D eigenvalue weighted by Gasteiger charge is 2.24. The lowest BCUT2D eigenvalue weighted by atomic mass is 10.2. The lowest BCUT2D eigenvalue weighted by Gasteiger charge is -2.21. The van der Waals surface area contributed by atoms with Gasteiger partial charge in [0.05, 0.1) is 31.6 Å². The highest BCUT2D eigenvalue weighted by atomic mass is 16.5. The first-order valence-electron chi connectivity index (χ1n) is 6.79. The second-order valence-electron chi connectivity index (χ2n) is 4.74. The smallest absolute Gasteiger partial charge is 0.396 e. The lowest BCUT2D eigenvalue weighted by Crippen LogP contribution is -2.37. The number of hydrogen-bond donors (Lipinski definition) is 0. The SMILES string of the molecule is COC(=O)C(=O)N(Cc1ccccn1)Cc1ncccc1C. The van der Waals surface area contributed by atoms with E-state index in [1.807, 2.05) is 25.1 Å². The van der Waals surface area contributed by atoms with E-state index in [1.54, 1.807) is 24.5 Å². The zero-order valence-electron chi connectivity index (χ0n) is 12.5. The fourth-order valence-corrected chi connectivity index (χ4v) is 1.97. The number of amides is 1. The van der Waals surface area contributed by atoms with Gasteiger partial charge in [-0.25, -0.2) is 4.79 Å². The van der Waals surface area contributed by atoms with Gasteiger partial charge in [-0.2, -0.15) is 0 Å². The van der Waals surface area contributed by atoms with Gasteiger partial charge in [-0.1, -0.05) is 12.1 Å². The highest BCUT2D eigenvalue weighted by molar-refractivity contribution is 6.32. The molecule has 0 atom stereocenters.